The number of β-amino-alcohol motifs (C(OH)–C–C–N with tert-alkyl or cyclic N) is 1. The van der Waals surface area contributed by atoms with Gasteiger partial charge in [-0.2, -0.15) is 9.97 Å². The molecule has 65 heavy (non-hydrogen) atoms. The molecule has 0 radical (unpaired) electrons. The second-order valence-electron chi connectivity index (χ2n) is 15.5. The smallest absolute Gasteiger partial charge is 0.222 e. The third-order valence-corrected chi connectivity index (χ3v) is 10.7. The molecule has 8 aromatic rings. The number of rotatable bonds is 12. The average Bonchev–Trinajstić information content (AvgIpc) is 4.04. The Morgan fingerprint density at radius 3 is 1.42 bits per heavy atom. The first kappa shape index (κ1) is 42.0. The molecule has 0 bridgehead atoms. The van der Waals surface area contributed by atoms with Gasteiger partial charge >= 0.3 is 0 Å². The van der Waals surface area contributed by atoms with Crippen molar-refractivity contribution < 1.29 is 14.6 Å². The van der Waals surface area contributed by atoms with Crippen LogP contribution in [-0.2, 0) is 0 Å². The van der Waals surface area contributed by atoms with E-state index in [1.54, 1.807) is 12.4 Å². The van der Waals surface area contributed by atoms with E-state index in [4.69, 9.17) is 20.9 Å². The molecule has 2 saturated heterocycles. The molecule has 4 aromatic heterocycles. The summed E-state index contributed by atoms with van der Waals surface area (Å²) >= 11 is 0. The summed E-state index contributed by atoms with van der Waals surface area (Å²) in [6.07, 6.45) is 6.40. The summed E-state index contributed by atoms with van der Waals surface area (Å²) in [4.78, 5) is 30.5. The largest absolute Gasteiger partial charge is 0.457 e. The Morgan fingerprint density at radius 1 is 0.508 bits per heavy atom. The van der Waals surface area contributed by atoms with Crippen molar-refractivity contribution in [2.24, 2.45) is 0 Å². The first-order valence-corrected chi connectivity index (χ1v) is 21.5. The van der Waals surface area contributed by atoms with E-state index in [9.17, 15) is 5.11 Å². The van der Waals surface area contributed by atoms with Crippen LogP contribution in [-0.4, -0.2) is 67.3 Å². The molecule has 0 aliphatic carbocycles. The Balaban J connectivity index is 0.000000164. The SMILES string of the molecule is Nc1nc(Nc2ccc(Oc3ccnc(N4CCCC4)c3)cc2)cc(-c2ccccc2)n1.Nc1nc(Nc2ccc(Oc3ccnc(N4CC[C@@H](O)C4)c3)cc2)cc(-c2ccccc2)n1. The Labute approximate surface area is 376 Å². The van der Waals surface area contributed by atoms with Gasteiger partial charge < -0.3 is 46.5 Å². The predicted molar refractivity (Wildman–Crippen MR) is 256 cm³/mol. The highest BCUT2D eigenvalue weighted by Gasteiger charge is 2.22. The van der Waals surface area contributed by atoms with Crippen LogP contribution in [0.3, 0.4) is 0 Å². The van der Waals surface area contributed by atoms with Crippen molar-refractivity contribution in [2.45, 2.75) is 25.4 Å². The number of hydrogen-bond acceptors (Lipinski definition) is 15. The number of nitrogens with two attached hydrogens (primary N) is 2. The molecular weight excluding hydrogens is 817 g/mol. The molecule has 7 N–H and O–H groups in total. The Kier molecular flexibility index (Phi) is 12.8. The fourth-order valence-electron chi connectivity index (χ4n) is 7.52. The zero-order chi connectivity index (χ0) is 44.4. The van der Waals surface area contributed by atoms with E-state index in [0.717, 1.165) is 83.1 Å². The van der Waals surface area contributed by atoms with Crippen LogP contribution in [0, 0.1) is 0 Å². The molecule has 15 heteroatoms. The second kappa shape index (κ2) is 19.8. The van der Waals surface area contributed by atoms with Crippen molar-refractivity contribution in [3.05, 3.63) is 158 Å². The van der Waals surface area contributed by atoms with Gasteiger partial charge in [-0.25, -0.2) is 19.9 Å². The molecular formula is C50H48N12O3. The van der Waals surface area contributed by atoms with Crippen LogP contribution in [0.5, 0.6) is 23.0 Å². The number of hydrogen-bond donors (Lipinski definition) is 5. The molecule has 0 amide bonds. The Bertz CT molecular complexity index is 2810. The summed E-state index contributed by atoms with van der Waals surface area (Å²) in [5.74, 6) is 6.37. The number of aliphatic hydroxyl groups is 1. The number of anilines is 8. The quantitative estimate of drug-likeness (QED) is 0.0777. The summed E-state index contributed by atoms with van der Waals surface area (Å²) in [7, 11) is 0. The van der Waals surface area contributed by atoms with Crippen LogP contribution in [0.25, 0.3) is 22.5 Å². The zero-order valence-electron chi connectivity index (χ0n) is 35.5. The summed E-state index contributed by atoms with van der Waals surface area (Å²) in [6, 6.07) is 46.3. The van der Waals surface area contributed by atoms with Gasteiger partial charge in [0.15, 0.2) is 0 Å². The number of nitrogens with zero attached hydrogens (tertiary/aromatic N) is 8. The lowest BCUT2D eigenvalue weighted by atomic mass is 10.1. The minimum atomic E-state index is -0.301. The van der Waals surface area contributed by atoms with E-state index in [1.165, 1.54) is 12.8 Å². The highest BCUT2D eigenvalue weighted by atomic mass is 16.5. The summed E-state index contributed by atoms with van der Waals surface area (Å²) in [6.45, 7) is 3.49. The fraction of sp³-hybridized carbons (Fsp3) is 0.160. The Morgan fingerprint density at radius 2 is 0.969 bits per heavy atom. The number of aliphatic hydroxyl groups excluding tert-OH is 1. The van der Waals surface area contributed by atoms with E-state index in [2.05, 4.69) is 50.3 Å². The van der Waals surface area contributed by atoms with Crippen LogP contribution >= 0.6 is 0 Å². The summed E-state index contributed by atoms with van der Waals surface area (Å²) in [5.41, 5.74) is 17.1. The van der Waals surface area contributed by atoms with E-state index in [1.807, 2.05) is 146 Å². The highest BCUT2D eigenvalue weighted by molar-refractivity contribution is 5.69. The first-order valence-electron chi connectivity index (χ1n) is 21.5. The Hall–Kier alpha value is -8.30. The van der Waals surface area contributed by atoms with Gasteiger partial charge in [-0.1, -0.05) is 60.7 Å². The fourth-order valence-corrected chi connectivity index (χ4v) is 7.52. The molecule has 326 valence electrons. The van der Waals surface area contributed by atoms with Crippen LogP contribution in [0.4, 0.5) is 46.5 Å². The number of nitrogen functional groups attached to an aromatic ring is 2. The maximum atomic E-state index is 9.76. The lowest BCUT2D eigenvalue weighted by Crippen LogP contribution is -2.22. The number of benzene rings is 4. The molecule has 0 spiro atoms. The van der Waals surface area contributed by atoms with Gasteiger partial charge in [0.05, 0.1) is 17.5 Å². The third-order valence-electron chi connectivity index (χ3n) is 10.7. The number of nitrogens with one attached hydrogen (secondary N) is 2. The topological polar surface area (TPSA) is 199 Å². The third kappa shape index (κ3) is 11.2. The number of ether oxygens (including phenoxy) is 2. The van der Waals surface area contributed by atoms with Crippen LogP contribution < -0.4 is 41.4 Å². The lowest BCUT2D eigenvalue weighted by molar-refractivity contribution is 0.198. The van der Waals surface area contributed by atoms with Crippen LogP contribution in [0.2, 0.25) is 0 Å². The minimum absolute atomic E-state index is 0.206. The van der Waals surface area contributed by atoms with Crippen molar-refractivity contribution >= 4 is 46.5 Å². The molecule has 0 unspecified atom stereocenters. The molecule has 10 rings (SSSR count). The van der Waals surface area contributed by atoms with Crippen molar-refractivity contribution in [3.8, 4) is 45.5 Å². The normalized spacial score (nSPS) is 14.3. The maximum absolute atomic E-state index is 9.76. The molecule has 0 saturated carbocycles. The van der Waals surface area contributed by atoms with Gasteiger partial charge in [0.2, 0.25) is 11.9 Å². The molecule has 2 fully saturated rings. The van der Waals surface area contributed by atoms with Gasteiger partial charge in [-0.3, -0.25) is 0 Å². The van der Waals surface area contributed by atoms with E-state index in [0.29, 0.717) is 29.7 Å². The van der Waals surface area contributed by atoms with Crippen LogP contribution in [0.15, 0.2) is 158 Å². The van der Waals surface area contributed by atoms with Gasteiger partial charge in [0.1, 0.15) is 46.3 Å². The predicted octanol–water partition coefficient (Wildman–Crippen LogP) is 9.48. The van der Waals surface area contributed by atoms with E-state index in [-0.39, 0.29) is 18.0 Å². The van der Waals surface area contributed by atoms with E-state index >= 15 is 0 Å². The summed E-state index contributed by atoms with van der Waals surface area (Å²) < 4.78 is 12.0. The highest BCUT2D eigenvalue weighted by Crippen LogP contribution is 2.31. The standard InChI is InChI=1S/C25H24N6O2.C25H24N6O/c26-25-29-22(17-4-2-1-3-5-17)15-23(30-25)28-18-6-8-20(9-7-18)33-21-10-12-27-24(14-21)31-13-11-19(32)16-31;26-25-29-22(18-6-2-1-3-7-18)17-23(30-25)28-19-8-10-20(11-9-19)32-21-12-13-27-24(16-21)31-14-4-5-15-31/h1-10,12,14-15,19,32H,11,13,16H2,(H3,26,28,29,30);1-3,6-13,16-17H,4-5,14-15H2,(H3,26,28,29,30)/t19-;/m1./s1. The minimum Gasteiger partial charge on any atom is -0.457 e. The van der Waals surface area contributed by atoms with Crippen molar-refractivity contribution in [1.82, 2.24) is 29.9 Å². The summed E-state index contributed by atoms with van der Waals surface area (Å²) in [5, 5.41) is 16.3. The van der Waals surface area contributed by atoms with Crippen LogP contribution in [0.1, 0.15) is 19.3 Å². The van der Waals surface area contributed by atoms with Gasteiger partial charge in [-0.15, -0.1) is 0 Å². The zero-order valence-corrected chi connectivity index (χ0v) is 35.5. The van der Waals surface area contributed by atoms with Crippen molar-refractivity contribution in [3.63, 3.8) is 0 Å². The average molecular weight is 865 g/mol. The van der Waals surface area contributed by atoms with Gasteiger partial charge in [0, 0.05) is 85.3 Å². The molecule has 6 heterocycles. The maximum Gasteiger partial charge on any atom is 0.222 e. The number of aromatic nitrogens is 6. The van der Waals surface area contributed by atoms with Gasteiger partial charge in [-0.05, 0) is 79.9 Å². The number of pyridine rings is 2. The van der Waals surface area contributed by atoms with Crippen molar-refractivity contribution in [1.29, 1.82) is 0 Å². The molecule has 4 aromatic carbocycles. The first-order chi connectivity index (χ1) is 31.8. The van der Waals surface area contributed by atoms with Gasteiger partial charge in [0.25, 0.3) is 0 Å². The molecule has 1 atom stereocenters. The molecule has 2 aliphatic heterocycles. The monoisotopic (exact) mass is 864 g/mol. The molecule has 15 nitrogen and oxygen atoms in total. The molecule has 2 aliphatic rings. The second-order valence-corrected chi connectivity index (χ2v) is 15.5. The lowest BCUT2D eigenvalue weighted by Gasteiger charge is -2.17. The van der Waals surface area contributed by atoms with Crippen molar-refractivity contribution in [2.75, 3.05) is 58.1 Å². The van der Waals surface area contributed by atoms with E-state index < -0.39 is 0 Å².